The van der Waals surface area contributed by atoms with Crippen molar-refractivity contribution in [2.45, 2.75) is 45.6 Å². The Labute approximate surface area is 115 Å². The van der Waals surface area contributed by atoms with Crippen LogP contribution < -0.4 is 5.32 Å². The molecule has 0 radical (unpaired) electrons. The number of nitrogens with one attached hydrogen (secondary N) is 1. The molecular weight excluding hydrogens is 304 g/mol. The van der Waals surface area contributed by atoms with Crippen LogP contribution in [0, 0.1) is 0 Å². The van der Waals surface area contributed by atoms with Crippen LogP contribution in [0.2, 0.25) is 0 Å². The smallest absolute Gasteiger partial charge is 0.254 e. The Morgan fingerprint density at radius 3 is 2.50 bits per heavy atom. The summed E-state index contributed by atoms with van der Waals surface area (Å²) in [7, 11) is 1.79. The molecule has 1 N–H and O–H groups in total. The first-order valence-corrected chi connectivity index (χ1v) is 7.02. The van der Waals surface area contributed by atoms with Crippen molar-refractivity contribution in [3.8, 4) is 0 Å². The predicted octanol–water partition coefficient (Wildman–Crippen LogP) is 2.92. The van der Waals surface area contributed by atoms with Crippen molar-refractivity contribution in [3.63, 3.8) is 0 Å². The lowest BCUT2D eigenvalue weighted by Gasteiger charge is -2.17. The molecule has 0 spiro atoms. The van der Waals surface area contributed by atoms with E-state index in [-0.39, 0.29) is 6.42 Å². The van der Waals surface area contributed by atoms with Gasteiger partial charge in [0.05, 0.1) is 21.9 Å². The number of nitrogens with zero attached hydrogens (tertiary/aromatic N) is 2. The third-order valence-electron chi connectivity index (χ3n) is 2.88. The first-order valence-electron chi connectivity index (χ1n) is 6.22. The largest absolute Gasteiger partial charge is 0.309 e. The molecule has 104 valence electrons. The number of hydrogen-bond acceptors (Lipinski definition) is 2. The molecule has 18 heavy (non-hydrogen) atoms. The van der Waals surface area contributed by atoms with Gasteiger partial charge in [0.25, 0.3) is 6.43 Å². The van der Waals surface area contributed by atoms with Gasteiger partial charge in [0.2, 0.25) is 0 Å². The van der Waals surface area contributed by atoms with Gasteiger partial charge in [-0.05, 0) is 35.3 Å². The zero-order valence-corrected chi connectivity index (χ0v) is 12.6. The fourth-order valence-corrected chi connectivity index (χ4v) is 2.61. The maximum absolute atomic E-state index is 13.0. The van der Waals surface area contributed by atoms with Crippen molar-refractivity contribution >= 4 is 15.9 Å². The molecule has 0 aliphatic carbocycles. The Morgan fingerprint density at radius 2 is 2.06 bits per heavy atom. The quantitative estimate of drug-likeness (QED) is 0.836. The minimum Gasteiger partial charge on any atom is -0.309 e. The highest BCUT2D eigenvalue weighted by Gasteiger charge is 2.23. The van der Waals surface area contributed by atoms with Crippen LogP contribution in [0.5, 0.6) is 0 Å². The zero-order valence-electron chi connectivity index (χ0n) is 11.0. The van der Waals surface area contributed by atoms with Crippen LogP contribution in [0.15, 0.2) is 4.47 Å². The molecule has 0 aliphatic rings. The highest BCUT2D eigenvalue weighted by Crippen LogP contribution is 2.23. The normalized spacial score (nSPS) is 13.3. The van der Waals surface area contributed by atoms with Gasteiger partial charge in [-0.1, -0.05) is 13.8 Å². The Morgan fingerprint density at radius 1 is 1.39 bits per heavy atom. The monoisotopic (exact) mass is 323 g/mol. The SMILES string of the molecule is CCCNC(Cc1c(Br)c(CC)nn1C)C(F)F. The molecule has 0 aromatic carbocycles. The fraction of sp³-hybridized carbons (Fsp3) is 0.750. The number of aromatic nitrogens is 2. The third-order valence-corrected chi connectivity index (χ3v) is 3.79. The lowest BCUT2D eigenvalue weighted by molar-refractivity contribution is 0.0973. The molecule has 0 aliphatic heterocycles. The average molecular weight is 324 g/mol. The average Bonchev–Trinajstić information content (AvgIpc) is 2.60. The topological polar surface area (TPSA) is 29.9 Å². The second-order valence-corrected chi connectivity index (χ2v) is 5.08. The fourth-order valence-electron chi connectivity index (χ4n) is 1.83. The lowest BCUT2D eigenvalue weighted by Crippen LogP contribution is -2.38. The molecule has 0 bridgehead atoms. The molecule has 0 fully saturated rings. The van der Waals surface area contributed by atoms with Gasteiger partial charge in [-0.3, -0.25) is 4.68 Å². The van der Waals surface area contributed by atoms with Crippen LogP contribution in [0.25, 0.3) is 0 Å². The summed E-state index contributed by atoms with van der Waals surface area (Å²) in [6, 6.07) is -0.818. The van der Waals surface area contributed by atoms with Gasteiger partial charge in [-0.25, -0.2) is 8.78 Å². The molecule has 1 aromatic heterocycles. The molecule has 1 heterocycles. The number of alkyl halides is 2. The van der Waals surface area contributed by atoms with Gasteiger partial charge in [0.15, 0.2) is 0 Å². The van der Waals surface area contributed by atoms with Crippen LogP contribution in [-0.2, 0) is 19.9 Å². The van der Waals surface area contributed by atoms with Crippen LogP contribution in [-0.4, -0.2) is 28.8 Å². The first-order chi connectivity index (χ1) is 8.51. The summed E-state index contributed by atoms with van der Waals surface area (Å²) in [5.41, 5.74) is 1.73. The summed E-state index contributed by atoms with van der Waals surface area (Å²) >= 11 is 3.45. The maximum atomic E-state index is 13.0. The van der Waals surface area contributed by atoms with Crippen molar-refractivity contribution in [2.75, 3.05) is 6.54 Å². The zero-order chi connectivity index (χ0) is 13.7. The summed E-state index contributed by atoms with van der Waals surface area (Å²) in [6.07, 6.45) is -0.461. The van der Waals surface area contributed by atoms with E-state index in [1.54, 1.807) is 11.7 Å². The van der Waals surface area contributed by atoms with E-state index in [0.29, 0.717) is 6.54 Å². The van der Waals surface area contributed by atoms with E-state index in [1.165, 1.54) is 0 Å². The van der Waals surface area contributed by atoms with Crippen molar-refractivity contribution in [1.82, 2.24) is 15.1 Å². The summed E-state index contributed by atoms with van der Waals surface area (Å²) < 4.78 is 28.4. The number of rotatable bonds is 7. The van der Waals surface area contributed by atoms with Gasteiger partial charge in [-0.15, -0.1) is 0 Å². The molecular formula is C12H20BrF2N3. The first kappa shape index (κ1) is 15.6. The molecule has 1 atom stereocenters. The van der Waals surface area contributed by atoms with E-state index in [9.17, 15) is 8.78 Å². The van der Waals surface area contributed by atoms with E-state index >= 15 is 0 Å². The van der Waals surface area contributed by atoms with Crippen LogP contribution in [0.4, 0.5) is 8.78 Å². The van der Waals surface area contributed by atoms with E-state index in [1.807, 2.05) is 13.8 Å². The Balaban J connectivity index is 2.83. The molecule has 0 saturated carbocycles. The van der Waals surface area contributed by atoms with Crippen LogP contribution in [0.1, 0.15) is 31.7 Å². The summed E-state index contributed by atoms with van der Waals surface area (Å²) in [5, 5.41) is 7.21. The molecule has 3 nitrogen and oxygen atoms in total. The highest BCUT2D eigenvalue weighted by atomic mass is 79.9. The summed E-state index contributed by atoms with van der Waals surface area (Å²) in [6.45, 7) is 4.56. The molecule has 0 amide bonds. The van der Waals surface area contributed by atoms with Gasteiger partial charge in [-0.2, -0.15) is 5.10 Å². The number of aryl methyl sites for hydroxylation is 2. The van der Waals surface area contributed by atoms with Gasteiger partial charge < -0.3 is 5.32 Å². The minimum atomic E-state index is -2.37. The van der Waals surface area contributed by atoms with Crippen molar-refractivity contribution in [2.24, 2.45) is 7.05 Å². The second kappa shape index (κ2) is 7.19. The van der Waals surface area contributed by atoms with Crippen molar-refractivity contribution in [1.29, 1.82) is 0 Å². The predicted molar refractivity (Wildman–Crippen MR) is 72.1 cm³/mol. The van der Waals surface area contributed by atoms with E-state index in [4.69, 9.17) is 0 Å². The Kier molecular flexibility index (Phi) is 6.21. The Bertz CT molecular complexity index is 380. The van der Waals surface area contributed by atoms with E-state index < -0.39 is 12.5 Å². The third kappa shape index (κ3) is 3.75. The standard InChI is InChI=1S/C12H20BrF2N3/c1-4-6-16-9(12(14)15)7-10-11(13)8(5-2)17-18(10)3/h9,12,16H,4-7H2,1-3H3. The van der Waals surface area contributed by atoms with E-state index in [2.05, 4.69) is 26.3 Å². The molecule has 1 aromatic rings. The minimum absolute atomic E-state index is 0.280. The molecule has 1 unspecified atom stereocenters. The van der Waals surface area contributed by atoms with Gasteiger partial charge in [0.1, 0.15) is 0 Å². The molecule has 0 saturated heterocycles. The number of hydrogen-bond donors (Lipinski definition) is 1. The summed E-state index contributed by atoms with van der Waals surface area (Å²) in [5.74, 6) is 0. The van der Waals surface area contributed by atoms with E-state index in [0.717, 1.165) is 28.7 Å². The summed E-state index contributed by atoms with van der Waals surface area (Å²) in [4.78, 5) is 0. The second-order valence-electron chi connectivity index (χ2n) is 4.28. The molecule has 6 heteroatoms. The number of halogens is 3. The molecule has 1 rings (SSSR count). The van der Waals surface area contributed by atoms with Crippen LogP contribution in [0.3, 0.4) is 0 Å². The van der Waals surface area contributed by atoms with Crippen molar-refractivity contribution < 1.29 is 8.78 Å². The lowest BCUT2D eigenvalue weighted by atomic mass is 10.1. The highest BCUT2D eigenvalue weighted by molar-refractivity contribution is 9.10. The maximum Gasteiger partial charge on any atom is 0.254 e. The van der Waals surface area contributed by atoms with Gasteiger partial charge >= 0.3 is 0 Å². The Hall–Kier alpha value is -0.490. The van der Waals surface area contributed by atoms with Gasteiger partial charge in [0, 0.05) is 13.5 Å². The van der Waals surface area contributed by atoms with Crippen molar-refractivity contribution in [3.05, 3.63) is 15.9 Å². The van der Waals surface area contributed by atoms with Crippen LogP contribution >= 0.6 is 15.9 Å².